The first-order valence-electron chi connectivity index (χ1n) is 8.22. The van der Waals surface area contributed by atoms with Gasteiger partial charge < -0.3 is 10.6 Å². The largest absolute Gasteiger partial charge is 0.392 e. The molecular formula is C16H31N3OS. The first-order valence-corrected chi connectivity index (χ1v) is 8.63. The van der Waals surface area contributed by atoms with Gasteiger partial charge in [0.05, 0.1) is 10.5 Å². The van der Waals surface area contributed by atoms with Crippen LogP contribution in [0.5, 0.6) is 0 Å². The summed E-state index contributed by atoms with van der Waals surface area (Å²) < 4.78 is 0. The van der Waals surface area contributed by atoms with Crippen molar-refractivity contribution in [2.24, 2.45) is 5.73 Å². The summed E-state index contributed by atoms with van der Waals surface area (Å²) in [5.41, 5.74) is 5.55. The Morgan fingerprint density at radius 3 is 2.19 bits per heavy atom. The quantitative estimate of drug-likeness (QED) is 0.553. The van der Waals surface area contributed by atoms with Gasteiger partial charge in [-0.05, 0) is 20.3 Å². The lowest BCUT2D eigenvalue weighted by molar-refractivity contribution is -0.133. The van der Waals surface area contributed by atoms with Crippen LogP contribution in [-0.4, -0.2) is 52.4 Å². The predicted molar refractivity (Wildman–Crippen MR) is 92.4 cm³/mol. The Morgan fingerprint density at radius 1 is 1.10 bits per heavy atom. The summed E-state index contributed by atoms with van der Waals surface area (Å²) in [6.45, 7) is 9.61. The molecule has 21 heavy (non-hydrogen) atoms. The van der Waals surface area contributed by atoms with Gasteiger partial charge in [0.2, 0.25) is 5.91 Å². The van der Waals surface area contributed by atoms with Crippen LogP contribution < -0.4 is 5.73 Å². The smallest absolute Gasteiger partial charge is 0.222 e. The van der Waals surface area contributed by atoms with Gasteiger partial charge in [-0.2, -0.15) is 0 Å². The van der Waals surface area contributed by atoms with Crippen LogP contribution in [0.3, 0.4) is 0 Å². The van der Waals surface area contributed by atoms with Crippen LogP contribution in [0.15, 0.2) is 0 Å². The van der Waals surface area contributed by atoms with E-state index in [1.165, 1.54) is 25.7 Å². The molecule has 0 aromatic heterocycles. The van der Waals surface area contributed by atoms with Crippen LogP contribution in [0.25, 0.3) is 0 Å². The number of hydrogen-bond donors (Lipinski definition) is 1. The second-order valence-electron chi connectivity index (χ2n) is 6.46. The van der Waals surface area contributed by atoms with Crippen molar-refractivity contribution >= 4 is 23.1 Å². The van der Waals surface area contributed by atoms with Crippen molar-refractivity contribution in [1.29, 1.82) is 0 Å². The van der Waals surface area contributed by atoms with Crippen LogP contribution in [0.2, 0.25) is 0 Å². The molecule has 0 aliphatic carbocycles. The van der Waals surface area contributed by atoms with E-state index in [0.29, 0.717) is 17.3 Å². The summed E-state index contributed by atoms with van der Waals surface area (Å²) in [4.78, 5) is 17.0. The average molecular weight is 314 g/mol. The molecule has 4 nitrogen and oxygen atoms in total. The number of nitrogens with zero attached hydrogens (tertiary/aromatic N) is 2. The Labute approximate surface area is 135 Å². The van der Waals surface area contributed by atoms with Crippen molar-refractivity contribution in [3.05, 3.63) is 0 Å². The maximum absolute atomic E-state index is 12.2. The maximum Gasteiger partial charge on any atom is 0.222 e. The van der Waals surface area contributed by atoms with Crippen molar-refractivity contribution in [2.75, 3.05) is 26.2 Å². The number of piperazine rings is 1. The molecule has 0 spiro atoms. The molecule has 0 radical (unpaired) electrons. The number of thiocarbonyl (C=S) groups is 1. The van der Waals surface area contributed by atoms with Gasteiger partial charge >= 0.3 is 0 Å². The van der Waals surface area contributed by atoms with Crippen LogP contribution in [0.1, 0.15) is 59.3 Å². The zero-order chi connectivity index (χ0) is 15.9. The number of rotatable bonds is 8. The van der Waals surface area contributed by atoms with Gasteiger partial charge in [-0.25, -0.2) is 0 Å². The molecule has 0 aromatic carbocycles. The monoisotopic (exact) mass is 313 g/mol. The molecule has 2 N–H and O–H groups in total. The molecule has 1 fully saturated rings. The van der Waals surface area contributed by atoms with Gasteiger partial charge in [0.15, 0.2) is 0 Å². The minimum atomic E-state index is -0.259. The number of nitrogens with two attached hydrogens (primary N) is 1. The van der Waals surface area contributed by atoms with Crippen LogP contribution in [0, 0.1) is 0 Å². The molecule has 0 unspecified atom stereocenters. The summed E-state index contributed by atoms with van der Waals surface area (Å²) in [7, 11) is 0. The van der Waals surface area contributed by atoms with E-state index in [2.05, 4.69) is 25.7 Å². The van der Waals surface area contributed by atoms with Crippen molar-refractivity contribution < 1.29 is 4.79 Å². The number of amides is 1. The zero-order valence-electron chi connectivity index (χ0n) is 13.9. The molecule has 1 aliphatic heterocycles. The van der Waals surface area contributed by atoms with Gasteiger partial charge in [-0.1, -0.05) is 44.8 Å². The van der Waals surface area contributed by atoms with Crippen LogP contribution in [-0.2, 0) is 4.79 Å². The Hall–Kier alpha value is -0.680. The van der Waals surface area contributed by atoms with E-state index in [9.17, 15) is 4.79 Å². The molecule has 5 heteroatoms. The lowest BCUT2D eigenvalue weighted by atomic mass is 10.0. The SMILES string of the molecule is CCCCCCCC(=O)N1CCN(C(C)(C)C(N)=S)CC1. The standard InChI is InChI=1S/C16H31N3OS/c1-4-5-6-7-8-9-14(20)18-10-12-19(13-11-18)16(2,3)15(17)21/h4-13H2,1-3H3,(H2,17,21). The predicted octanol–water partition coefficient (Wildman–Crippen LogP) is 2.56. The number of hydrogen-bond acceptors (Lipinski definition) is 3. The summed E-state index contributed by atoms with van der Waals surface area (Å²) in [6, 6.07) is 0. The highest BCUT2D eigenvalue weighted by molar-refractivity contribution is 7.80. The molecule has 0 aromatic rings. The topological polar surface area (TPSA) is 49.6 Å². The molecule has 1 amide bonds. The van der Waals surface area contributed by atoms with Gasteiger partial charge in [-0.3, -0.25) is 9.69 Å². The van der Waals surface area contributed by atoms with Crippen molar-refractivity contribution in [2.45, 2.75) is 64.8 Å². The Balaban J connectivity index is 2.29. The third kappa shape index (κ3) is 5.55. The second kappa shape index (κ2) is 8.69. The molecule has 1 aliphatic rings. The molecule has 0 atom stereocenters. The first-order chi connectivity index (χ1) is 9.89. The van der Waals surface area contributed by atoms with Gasteiger partial charge in [0.1, 0.15) is 0 Å². The van der Waals surface area contributed by atoms with Gasteiger partial charge in [-0.15, -0.1) is 0 Å². The Morgan fingerprint density at radius 2 is 1.67 bits per heavy atom. The fraction of sp³-hybridized carbons (Fsp3) is 0.875. The van der Waals surface area contributed by atoms with Crippen molar-refractivity contribution in [3.8, 4) is 0 Å². The summed E-state index contributed by atoms with van der Waals surface area (Å²) in [5, 5.41) is 0. The number of carbonyl (C=O) groups excluding carboxylic acids is 1. The molecule has 1 saturated heterocycles. The molecule has 122 valence electrons. The summed E-state index contributed by atoms with van der Waals surface area (Å²) >= 11 is 5.14. The minimum absolute atomic E-state index is 0.259. The molecule has 0 bridgehead atoms. The Kier molecular flexibility index (Phi) is 7.60. The van der Waals surface area contributed by atoms with Crippen molar-refractivity contribution in [1.82, 2.24) is 9.80 Å². The lowest BCUT2D eigenvalue weighted by Crippen LogP contribution is -2.59. The second-order valence-corrected chi connectivity index (χ2v) is 6.90. The Bertz CT molecular complexity index is 349. The van der Waals surface area contributed by atoms with E-state index in [4.69, 9.17) is 18.0 Å². The normalized spacial score (nSPS) is 17.0. The molecule has 1 heterocycles. The first kappa shape index (κ1) is 18.4. The van der Waals surface area contributed by atoms with Crippen molar-refractivity contribution in [3.63, 3.8) is 0 Å². The lowest BCUT2D eigenvalue weighted by Gasteiger charge is -2.43. The van der Waals surface area contributed by atoms with E-state index in [1.807, 2.05) is 4.90 Å². The molecule has 1 rings (SSSR count). The highest BCUT2D eigenvalue weighted by Gasteiger charge is 2.33. The van der Waals surface area contributed by atoms with E-state index in [1.54, 1.807) is 0 Å². The van der Waals surface area contributed by atoms with Gasteiger partial charge in [0.25, 0.3) is 0 Å². The van der Waals surface area contributed by atoms with Crippen LogP contribution >= 0.6 is 12.2 Å². The van der Waals surface area contributed by atoms with Crippen LogP contribution in [0.4, 0.5) is 0 Å². The fourth-order valence-electron chi connectivity index (χ4n) is 2.71. The number of unbranched alkanes of at least 4 members (excludes halogenated alkanes) is 4. The third-order valence-corrected chi connectivity index (χ3v) is 5.02. The fourth-order valence-corrected chi connectivity index (χ4v) is 2.84. The van der Waals surface area contributed by atoms with E-state index >= 15 is 0 Å². The average Bonchev–Trinajstić information content (AvgIpc) is 2.46. The maximum atomic E-state index is 12.2. The van der Waals surface area contributed by atoms with E-state index in [-0.39, 0.29) is 5.54 Å². The molecular weight excluding hydrogens is 282 g/mol. The highest BCUT2D eigenvalue weighted by atomic mass is 32.1. The van der Waals surface area contributed by atoms with E-state index in [0.717, 1.165) is 32.6 Å². The highest BCUT2D eigenvalue weighted by Crippen LogP contribution is 2.18. The third-order valence-electron chi connectivity index (χ3n) is 4.52. The number of carbonyl (C=O) groups is 1. The van der Waals surface area contributed by atoms with E-state index < -0.39 is 0 Å². The molecule has 0 saturated carbocycles. The van der Waals surface area contributed by atoms with Gasteiger partial charge in [0, 0.05) is 32.6 Å². The minimum Gasteiger partial charge on any atom is -0.392 e. The summed E-state index contributed by atoms with van der Waals surface area (Å²) in [6.07, 6.45) is 6.67. The summed E-state index contributed by atoms with van der Waals surface area (Å²) in [5.74, 6) is 0.305. The zero-order valence-corrected chi connectivity index (χ0v) is 14.7.